The summed E-state index contributed by atoms with van der Waals surface area (Å²) in [6, 6.07) is 2.25. The third-order valence-corrected chi connectivity index (χ3v) is 2.34. The highest BCUT2D eigenvalue weighted by molar-refractivity contribution is 5.02. The van der Waals surface area contributed by atoms with E-state index in [1.165, 1.54) is 0 Å². The molecule has 15 heavy (non-hydrogen) atoms. The lowest BCUT2D eigenvalue weighted by atomic mass is 9.98. The molecule has 0 radical (unpaired) electrons. The van der Waals surface area contributed by atoms with Gasteiger partial charge in [-0.15, -0.1) is 0 Å². The minimum absolute atomic E-state index is 0.427. The average molecular weight is 214 g/mol. The van der Waals surface area contributed by atoms with E-state index in [9.17, 15) is 0 Å². The van der Waals surface area contributed by atoms with E-state index in [0.29, 0.717) is 19.8 Å². The number of nitrogens with one attached hydrogen (secondary N) is 1. The van der Waals surface area contributed by atoms with Gasteiger partial charge in [-0.3, -0.25) is 0 Å². The first-order valence-corrected chi connectivity index (χ1v) is 5.44. The van der Waals surface area contributed by atoms with E-state index in [-0.39, 0.29) is 0 Å². The van der Waals surface area contributed by atoms with Crippen LogP contribution in [0.2, 0.25) is 0 Å². The summed E-state index contributed by atoms with van der Waals surface area (Å²) in [6.07, 6.45) is 1.69. The molecule has 0 aliphatic heterocycles. The molecule has 4 heteroatoms. The van der Waals surface area contributed by atoms with E-state index in [2.05, 4.69) is 11.4 Å². The normalized spacial score (nSPS) is 14.5. The maximum absolute atomic E-state index is 8.88. The molecule has 0 aliphatic rings. The molecule has 1 unspecified atom stereocenters. The molecule has 0 heterocycles. The van der Waals surface area contributed by atoms with Crippen molar-refractivity contribution in [1.82, 2.24) is 5.32 Å². The van der Waals surface area contributed by atoms with Gasteiger partial charge in [-0.2, -0.15) is 5.26 Å². The van der Waals surface area contributed by atoms with Crippen molar-refractivity contribution in [3.8, 4) is 6.07 Å². The molecule has 0 aromatic rings. The van der Waals surface area contributed by atoms with Crippen LogP contribution in [0.4, 0.5) is 0 Å². The van der Waals surface area contributed by atoms with Crippen LogP contribution in [0.1, 0.15) is 26.7 Å². The Morgan fingerprint density at radius 3 is 2.47 bits per heavy atom. The lowest BCUT2D eigenvalue weighted by molar-refractivity contribution is 0.0502. The first-order valence-electron chi connectivity index (χ1n) is 5.44. The average Bonchev–Trinajstić information content (AvgIpc) is 2.27. The van der Waals surface area contributed by atoms with E-state index in [1.54, 1.807) is 7.05 Å². The Balaban J connectivity index is 3.35. The van der Waals surface area contributed by atoms with Gasteiger partial charge in [-0.05, 0) is 33.7 Å². The van der Waals surface area contributed by atoms with Gasteiger partial charge in [0.05, 0.1) is 19.3 Å². The first kappa shape index (κ1) is 14.4. The van der Waals surface area contributed by atoms with Gasteiger partial charge in [-0.1, -0.05) is 0 Å². The third-order valence-electron chi connectivity index (χ3n) is 2.34. The van der Waals surface area contributed by atoms with Crippen LogP contribution in [-0.4, -0.2) is 39.0 Å². The van der Waals surface area contributed by atoms with Crippen molar-refractivity contribution >= 4 is 0 Å². The molecule has 0 spiro atoms. The summed E-state index contributed by atoms with van der Waals surface area (Å²) >= 11 is 0. The second-order valence-corrected chi connectivity index (χ2v) is 3.61. The molecule has 0 aliphatic carbocycles. The highest BCUT2D eigenvalue weighted by Gasteiger charge is 2.19. The van der Waals surface area contributed by atoms with Crippen molar-refractivity contribution in [2.75, 3.05) is 33.5 Å². The summed E-state index contributed by atoms with van der Waals surface area (Å²) < 4.78 is 10.5. The van der Waals surface area contributed by atoms with E-state index in [1.807, 2.05) is 13.8 Å². The molecule has 1 atom stereocenters. The van der Waals surface area contributed by atoms with Gasteiger partial charge in [0.25, 0.3) is 0 Å². The van der Waals surface area contributed by atoms with Crippen LogP contribution in [0.3, 0.4) is 0 Å². The number of rotatable bonds is 9. The lowest BCUT2D eigenvalue weighted by Gasteiger charge is -2.20. The van der Waals surface area contributed by atoms with Crippen LogP contribution < -0.4 is 5.32 Å². The summed E-state index contributed by atoms with van der Waals surface area (Å²) in [5.74, 6) is 0. The predicted molar refractivity (Wildman–Crippen MR) is 59.6 cm³/mol. The Bertz CT molecular complexity index is 192. The molecule has 0 aromatic heterocycles. The number of hydrogen-bond acceptors (Lipinski definition) is 4. The zero-order valence-corrected chi connectivity index (χ0v) is 10.0. The monoisotopic (exact) mass is 214 g/mol. The Labute approximate surface area is 92.6 Å². The van der Waals surface area contributed by atoms with Crippen molar-refractivity contribution in [1.29, 1.82) is 5.26 Å². The van der Waals surface area contributed by atoms with Crippen molar-refractivity contribution in [3.63, 3.8) is 0 Å². The zero-order chi connectivity index (χ0) is 11.6. The van der Waals surface area contributed by atoms with E-state index < -0.39 is 5.54 Å². The summed E-state index contributed by atoms with van der Waals surface area (Å²) in [6.45, 7) is 6.56. The highest BCUT2D eigenvalue weighted by Crippen LogP contribution is 2.09. The van der Waals surface area contributed by atoms with Gasteiger partial charge in [0.2, 0.25) is 0 Å². The first-order chi connectivity index (χ1) is 7.18. The fourth-order valence-corrected chi connectivity index (χ4v) is 1.13. The smallest absolute Gasteiger partial charge is 0.103 e. The molecule has 0 saturated carbocycles. The number of hydrogen-bond donors (Lipinski definition) is 1. The van der Waals surface area contributed by atoms with E-state index in [4.69, 9.17) is 14.7 Å². The molecular weight excluding hydrogens is 192 g/mol. The van der Waals surface area contributed by atoms with Crippen LogP contribution in [-0.2, 0) is 9.47 Å². The second kappa shape index (κ2) is 8.66. The Morgan fingerprint density at radius 1 is 1.27 bits per heavy atom. The molecule has 0 bridgehead atoms. The van der Waals surface area contributed by atoms with E-state index in [0.717, 1.165) is 19.4 Å². The molecule has 4 nitrogen and oxygen atoms in total. The fourth-order valence-electron chi connectivity index (χ4n) is 1.13. The molecule has 0 fully saturated rings. The van der Waals surface area contributed by atoms with E-state index >= 15 is 0 Å². The predicted octanol–water partition coefficient (Wildman–Crippen LogP) is 1.32. The van der Waals surface area contributed by atoms with Crippen molar-refractivity contribution in [2.45, 2.75) is 32.2 Å². The van der Waals surface area contributed by atoms with Crippen molar-refractivity contribution < 1.29 is 9.47 Å². The quantitative estimate of drug-likeness (QED) is 0.588. The summed E-state index contributed by atoms with van der Waals surface area (Å²) in [4.78, 5) is 0. The maximum Gasteiger partial charge on any atom is 0.103 e. The number of ether oxygens (including phenoxy) is 2. The minimum Gasteiger partial charge on any atom is -0.379 e. The zero-order valence-electron chi connectivity index (χ0n) is 10.0. The van der Waals surface area contributed by atoms with Gasteiger partial charge >= 0.3 is 0 Å². The Hall–Kier alpha value is -0.630. The third kappa shape index (κ3) is 7.32. The summed E-state index contributed by atoms with van der Waals surface area (Å²) in [5.41, 5.74) is -0.427. The number of nitrogens with zero attached hydrogens (tertiary/aromatic N) is 1. The van der Waals surface area contributed by atoms with Crippen molar-refractivity contribution in [2.24, 2.45) is 0 Å². The molecule has 0 saturated heterocycles. The largest absolute Gasteiger partial charge is 0.379 e. The molecule has 1 N–H and O–H groups in total. The van der Waals surface area contributed by atoms with Gasteiger partial charge < -0.3 is 14.8 Å². The van der Waals surface area contributed by atoms with Gasteiger partial charge in [-0.25, -0.2) is 0 Å². The molecule has 0 rings (SSSR count). The van der Waals surface area contributed by atoms with Gasteiger partial charge in [0.1, 0.15) is 5.54 Å². The topological polar surface area (TPSA) is 54.3 Å². The second-order valence-electron chi connectivity index (χ2n) is 3.61. The van der Waals surface area contributed by atoms with Gasteiger partial charge in [0.15, 0.2) is 0 Å². The fraction of sp³-hybridized carbons (Fsp3) is 0.909. The maximum atomic E-state index is 8.88. The minimum atomic E-state index is -0.427. The van der Waals surface area contributed by atoms with Crippen LogP contribution in [0.15, 0.2) is 0 Å². The molecule has 0 amide bonds. The van der Waals surface area contributed by atoms with Crippen LogP contribution in [0, 0.1) is 11.3 Å². The van der Waals surface area contributed by atoms with Crippen LogP contribution in [0.5, 0.6) is 0 Å². The van der Waals surface area contributed by atoms with Crippen LogP contribution in [0.25, 0.3) is 0 Å². The number of nitriles is 1. The molecule has 0 aromatic carbocycles. The highest BCUT2D eigenvalue weighted by atomic mass is 16.5. The van der Waals surface area contributed by atoms with Crippen LogP contribution >= 0.6 is 0 Å². The lowest BCUT2D eigenvalue weighted by Crippen LogP contribution is -2.38. The summed E-state index contributed by atoms with van der Waals surface area (Å²) in [5, 5.41) is 11.9. The summed E-state index contributed by atoms with van der Waals surface area (Å²) in [7, 11) is 1.80. The molecular formula is C11H22N2O2. The van der Waals surface area contributed by atoms with Crippen molar-refractivity contribution in [3.05, 3.63) is 0 Å². The SMILES string of the molecule is CCOCCOCCCC(C)(C#N)NC. The molecule has 88 valence electrons. The Kier molecular flexibility index (Phi) is 8.30. The van der Waals surface area contributed by atoms with Gasteiger partial charge in [0, 0.05) is 13.2 Å². The Morgan fingerprint density at radius 2 is 1.93 bits per heavy atom. The standard InChI is InChI=1S/C11H22N2O2/c1-4-14-8-9-15-7-5-6-11(2,10-12)13-3/h13H,4-9H2,1-3H3.